The Morgan fingerprint density at radius 3 is 1.04 bits per heavy atom. The molecule has 3 saturated carbocycles. The summed E-state index contributed by atoms with van der Waals surface area (Å²) in [6.07, 6.45) is -4.88. The Bertz CT molecular complexity index is 5470. The quantitative estimate of drug-likeness (QED) is 0.0470. The van der Waals surface area contributed by atoms with Crippen LogP contribution in [0.2, 0.25) is 0 Å². The Hall–Kier alpha value is -11.1. The Balaban J connectivity index is 0.000000195. The van der Waals surface area contributed by atoms with Crippen LogP contribution in [-0.4, -0.2) is 299 Å². The minimum Gasteiger partial charge on any atom is -0.508 e. The second-order valence-electron chi connectivity index (χ2n) is 32.7. The van der Waals surface area contributed by atoms with Crippen molar-refractivity contribution in [1.29, 1.82) is 0 Å². The molecule has 0 heterocycles. The van der Waals surface area contributed by atoms with Crippen LogP contribution in [0.25, 0.3) is 28.4 Å². The number of amides is 3. The number of aliphatic hydroxyl groups excluding tert-OH is 9. The number of ketones is 6. The van der Waals surface area contributed by atoms with Crippen molar-refractivity contribution in [3.05, 3.63) is 172 Å². The first-order valence-electron chi connectivity index (χ1n) is 37.6. The van der Waals surface area contributed by atoms with Crippen molar-refractivity contribution in [3.8, 4) is 28.4 Å². The number of aryl methyl sites for hydroxylation is 2. The second-order valence-corrected chi connectivity index (χ2v) is 33.8. The molecule has 3 amide bonds. The molecule has 0 saturated heterocycles. The highest BCUT2D eigenvalue weighted by atomic mass is 127. The lowest BCUT2D eigenvalue weighted by Gasteiger charge is -2.52. The van der Waals surface area contributed by atoms with Crippen LogP contribution < -0.4 is 37.4 Å². The number of Topliss-reactive ketones (excluding diaryl/α,β-unsaturated/α-hetero) is 6. The Morgan fingerprint density at radius 2 is 0.736 bits per heavy atom. The number of carbonyl (C=O) groups is 9. The van der Waals surface area contributed by atoms with Gasteiger partial charge in [0.05, 0.1) is 74.5 Å². The van der Waals surface area contributed by atoms with Crippen LogP contribution >= 0.6 is 22.6 Å². The summed E-state index contributed by atoms with van der Waals surface area (Å²) >= 11 is 1.88. The van der Waals surface area contributed by atoms with E-state index in [0.29, 0.717) is 53.9 Å². The minimum atomic E-state index is -2.95. The molecule has 0 bridgehead atoms. The lowest BCUT2D eigenvalue weighted by atomic mass is 9.56. The van der Waals surface area contributed by atoms with Crippen LogP contribution in [0.1, 0.15) is 53.4 Å². The van der Waals surface area contributed by atoms with Gasteiger partial charge in [0.2, 0.25) is 17.3 Å². The van der Waals surface area contributed by atoms with Crippen molar-refractivity contribution in [1.82, 2.24) is 14.7 Å². The monoisotopic (exact) mass is 1790 g/mol. The molecule has 0 radical (unpaired) electrons. The van der Waals surface area contributed by atoms with Gasteiger partial charge in [0.15, 0.2) is 34.2 Å². The number of fused-ring (bicyclic) bond motifs is 9. The second kappa shape index (κ2) is 33.1. The number of phenolic OH excluding ortho intramolecular Hbond substituents is 3. The number of rotatable bonds is 11. The Kier molecular flexibility index (Phi) is 25.2. The summed E-state index contributed by atoms with van der Waals surface area (Å²) in [6.45, 7) is 3.87. The number of hydrogen-bond acceptors (Lipinski definition) is 32. The fraction of sp³-hybridized carbons (Fsp3) is 0.393. The van der Waals surface area contributed by atoms with Crippen molar-refractivity contribution in [2.24, 2.45) is 52.7 Å². The number of hydrogen-bond donors (Lipinski definition) is 20. The summed E-state index contributed by atoms with van der Waals surface area (Å²) in [7, 11) is 18.0. The zero-order valence-corrected chi connectivity index (χ0v) is 69.8. The number of nitrogens with two attached hydrogens (primary N) is 3. The van der Waals surface area contributed by atoms with Gasteiger partial charge in [-0.25, -0.2) is 0 Å². The molecule has 9 aliphatic rings. The van der Waals surface area contributed by atoms with Gasteiger partial charge in [-0.3, -0.25) is 57.9 Å². The molecule has 5 aromatic carbocycles. The predicted octanol–water partition coefficient (Wildman–Crippen LogP) is 0.00584. The van der Waals surface area contributed by atoms with E-state index in [2.05, 4.69) is 0 Å². The number of halogens is 1. The largest absolute Gasteiger partial charge is 1.00 e. The molecule has 0 aliphatic heterocycles. The van der Waals surface area contributed by atoms with Crippen LogP contribution in [-0.2, 0) is 62.4 Å². The number of aliphatic hydroxyl groups is 12. The molecule has 9 unspecified atom stereocenters. The lowest BCUT2D eigenvalue weighted by molar-refractivity contribution is -0.169. The van der Waals surface area contributed by atoms with Crippen LogP contribution in [0.5, 0.6) is 17.2 Å². The first-order valence-corrected chi connectivity index (χ1v) is 38.6. The van der Waals surface area contributed by atoms with Crippen LogP contribution in [0.15, 0.2) is 124 Å². The Morgan fingerprint density at radius 1 is 0.438 bits per heavy atom. The average molecular weight is 1790 g/mol. The topological polar surface area (TPSA) is 595 Å². The highest BCUT2D eigenvalue weighted by Gasteiger charge is 2.71. The van der Waals surface area contributed by atoms with Gasteiger partial charge in [0.25, 0.3) is 17.7 Å². The van der Waals surface area contributed by atoms with Gasteiger partial charge in [0.1, 0.15) is 68.5 Å². The standard InChI is InChI=1S/C30H33N3O8.C23H26IN3O8.C23H27N3O8.C7H9BO2.CH4/c1-12-6-8-13(9-7-12)14-11-17(32(2)3)15-10-16-19(25(36)18(15)23(14)34)27(38)30(41)21(24(16)35)22(33(4)5)26(37)20(28(30)39)29(31)40;1-26(2)10-6-9(24)17(29)11-7(10)5-8-12(18(11)30)20(32)23(35)14(16(8)28)15(27(3)4)19(31)13(21(23)33)22(25)34;1-25(2)10-5-6-11(27)12-8(10)7-9-13(18(12)29)20(31)23(34)15(17(9)28)16(26(3)4)19(30)14(21(23)32)22(24)33;1-6-2-4-7(5-3-6)8(9)10;/h6-9,11,16,21-22,24,34-36,39,41H,10H2,1-5H3,(H2,31,40);6,8,14-16,28-30,33,35H,5H2,1-4H3,(H2,25,34);5-6,9,15-17,27-29,32,34H,7H2,1-4H3,(H2,24,33);2-5,9-10H,1H3;1H4/p+1/t16?,21?,22-,24?,30-;8?,14?,15-,16?,23-;9?,15?,16-,17?,23-;;/m000../s1. The summed E-state index contributed by atoms with van der Waals surface area (Å²) in [5.74, 6) is -25.0. The van der Waals surface area contributed by atoms with E-state index in [1.165, 1.54) is 63.1 Å². The van der Waals surface area contributed by atoms with Gasteiger partial charge in [-0.2, -0.15) is 0 Å². The third-order valence-electron chi connectivity index (χ3n) is 24.4. The molecule has 5 aromatic rings. The third-order valence-corrected chi connectivity index (χ3v) is 25.2. The molecule has 0 spiro atoms. The van der Waals surface area contributed by atoms with Gasteiger partial charge in [-0.15, -0.1) is 0 Å². The number of benzene rings is 5. The maximum Gasteiger partial charge on any atom is 1.00 e. The van der Waals surface area contributed by atoms with E-state index in [1.807, 2.05) is 72.8 Å². The van der Waals surface area contributed by atoms with Crippen molar-refractivity contribution >= 4 is 122 Å². The Labute approximate surface area is 709 Å². The van der Waals surface area contributed by atoms with Crippen LogP contribution in [0.4, 0.5) is 17.1 Å². The molecule has 14 rings (SSSR count). The van der Waals surface area contributed by atoms with Gasteiger partial charge in [0, 0.05) is 99.4 Å². The maximum atomic E-state index is 14.1. The SMILES string of the molecule is C.CN(C)c1cc(I)c(O)c2c1CC1C(=C2O)C(=O)[C@]2(O)C(O)=C(C(N)=O)C(=O)[C@@H](N(C)C)C2C1O.CN(C)c1ccc(O)c2c1CC1C(=C2O)C(=O)[C@]2(O)C(O)=C(C(N)=O)C(=O)[C@@H](N(C)C)C2C1O.Cc1ccc(-c2cc(N(C)C)c3c(c2O)C(O)=C2C(=O)[C@]4(O)C(O)=C(C(N)=O)C(=O)[C@@H](N(C)C)C4C(O)C2C3)cc1.Cc1ccc(B(O)O)cc1.[H+]. The van der Waals surface area contributed by atoms with Gasteiger partial charge < -0.3 is 119 Å². The summed E-state index contributed by atoms with van der Waals surface area (Å²) in [5.41, 5.74) is 9.95. The zero-order valence-electron chi connectivity index (χ0n) is 68.6. The third kappa shape index (κ3) is 14.2. The molecular weight excluding hydrogens is 1690 g/mol. The number of aromatic hydroxyl groups is 3. The fourth-order valence-corrected chi connectivity index (χ4v) is 19.3. The van der Waals surface area contributed by atoms with Gasteiger partial charge >= 0.3 is 8.55 Å². The molecule has 0 aromatic heterocycles. The van der Waals surface area contributed by atoms with Gasteiger partial charge in [-0.1, -0.05) is 67.1 Å². The molecule has 37 heteroatoms. The number of primary amides is 3. The number of phenols is 3. The van der Waals surface area contributed by atoms with E-state index in [1.54, 1.807) is 87.3 Å². The molecule has 9 aliphatic carbocycles. The van der Waals surface area contributed by atoms with Gasteiger partial charge in [-0.05, 0) is 150 Å². The van der Waals surface area contributed by atoms with E-state index < -0.39 is 216 Å². The molecular formula is C84H100BIN9O26+. The molecule has 3 fully saturated rings. The summed E-state index contributed by atoms with van der Waals surface area (Å²) in [4.78, 5) is 127. The van der Waals surface area contributed by atoms with E-state index in [4.69, 9.17) is 27.2 Å². The summed E-state index contributed by atoms with van der Waals surface area (Å²) in [5, 5.41) is 186. The van der Waals surface area contributed by atoms with E-state index in [0.717, 1.165) is 11.1 Å². The smallest absolute Gasteiger partial charge is 0.508 e. The van der Waals surface area contributed by atoms with E-state index in [9.17, 15) is 120 Å². The maximum absolute atomic E-state index is 14.1. The summed E-state index contributed by atoms with van der Waals surface area (Å²) in [6, 6.07) is 16.7. The molecule has 23 N–H and O–H groups in total. The van der Waals surface area contributed by atoms with Crippen molar-refractivity contribution < 1.29 is 131 Å². The van der Waals surface area contributed by atoms with Crippen LogP contribution in [0, 0.1) is 52.9 Å². The number of anilines is 3. The first-order chi connectivity index (χ1) is 55.8. The number of nitrogens with zero attached hydrogens (tertiary/aromatic N) is 6. The van der Waals surface area contributed by atoms with Crippen molar-refractivity contribution in [2.75, 3.05) is 99.3 Å². The van der Waals surface area contributed by atoms with Crippen molar-refractivity contribution in [3.63, 3.8) is 0 Å². The number of likely N-dealkylation sites (N-methyl/N-ethyl adjacent to an activating group) is 3. The molecule has 35 nitrogen and oxygen atoms in total. The normalized spacial score (nSPS) is 27.5. The first kappa shape index (κ1) is 92.2. The average Bonchev–Trinajstić information content (AvgIpc) is 0.698. The molecule has 646 valence electrons. The molecule has 15 atom stereocenters. The molecule has 121 heavy (non-hydrogen) atoms. The highest BCUT2D eigenvalue weighted by molar-refractivity contribution is 14.1. The highest BCUT2D eigenvalue weighted by Crippen LogP contribution is 2.59. The number of carbonyl (C=O) groups excluding carboxylic acids is 9. The van der Waals surface area contributed by atoms with Crippen molar-refractivity contribution in [2.45, 2.75) is 93.8 Å². The van der Waals surface area contributed by atoms with E-state index in [-0.39, 0.29) is 62.1 Å². The van der Waals surface area contributed by atoms with Crippen LogP contribution in [0.3, 0.4) is 0 Å². The lowest BCUT2D eigenvalue weighted by Crippen LogP contribution is -2.70. The predicted molar refractivity (Wildman–Crippen MR) is 452 cm³/mol. The minimum absolute atomic E-state index is 0. The summed E-state index contributed by atoms with van der Waals surface area (Å²) < 4.78 is 0.394. The van der Waals surface area contributed by atoms with E-state index >= 15 is 0 Å². The zero-order chi connectivity index (χ0) is 89.6. The fourth-order valence-electron chi connectivity index (χ4n) is 18.7.